The van der Waals surface area contributed by atoms with Gasteiger partial charge < -0.3 is 29.9 Å². The van der Waals surface area contributed by atoms with Crippen molar-refractivity contribution in [2.75, 3.05) is 25.0 Å². The summed E-state index contributed by atoms with van der Waals surface area (Å²) in [5.41, 5.74) is -2.25. The molecule has 4 heterocycles. The highest BCUT2D eigenvalue weighted by atomic mass is 19.1. The number of hydrogen-bond donors (Lipinski definition) is 2. The number of aromatic nitrogens is 1. The maximum absolute atomic E-state index is 14.8. The van der Waals surface area contributed by atoms with Gasteiger partial charge >= 0.3 is 6.09 Å². The van der Waals surface area contributed by atoms with E-state index in [1.165, 1.54) is 16.0 Å². The molecule has 2 aliphatic carbocycles. The Morgan fingerprint density at radius 2 is 2.05 bits per heavy atom. The van der Waals surface area contributed by atoms with Crippen molar-refractivity contribution in [1.29, 1.82) is 5.26 Å². The van der Waals surface area contributed by atoms with E-state index in [-0.39, 0.29) is 44.3 Å². The summed E-state index contributed by atoms with van der Waals surface area (Å²) in [6.45, 7) is 5.74. The maximum Gasteiger partial charge on any atom is 0.407 e. The van der Waals surface area contributed by atoms with Crippen LogP contribution in [0.25, 0.3) is 0 Å². The van der Waals surface area contributed by atoms with Gasteiger partial charge in [0.25, 0.3) is 5.91 Å². The van der Waals surface area contributed by atoms with Crippen molar-refractivity contribution in [1.82, 2.24) is 20.1 Å². The molecule has 236 valence electrons. The fourth-order valence-corrected chi connectivity index (χ4v) is 7.09. The lowest BCUT2D eigenvalue weighted by Gasteiger charge is -2.38. The number of nitriles is 1. The van der Waals surface area contributed by atoms with Gasteiger partial charge in [-0.3, -0.25) is 14.4 Å². The van der Waals surface area contributed by atoms with E-state index in [4.69, 9.17) is 9.47 Å². The molecule has 5 aliphatic rings. The highest BCUT2D eigenvalue weighted by Crippen LogP contribution is 2.45. The van der Waals surface area contributed by atoms with Crippen molar-refractivity contribution in [2.45, 2.75) is 89.2 Å². The van der Waals surface area contributed by atoms with Crippen molar-refractivity contribution in [2.24, 2.45) is 23.2 Å². The molecule has 44 heavy (non-hydrogen) atoms. The minimum atomic E-state index is -1.52. The van der Waals surface area contributed by atoms with Crippen LogP contribution in [0.1, 0.15) is 59.3 Å². The third-order valence-corrected chi connectivity index (χ3v) is 9.69. The molecule has 13 heteroatoms. The second kappa shape index (κ2) is 11.2. The van der Waals surface area contributed by atoms with Gasteiger partial charge in [0.05, 0.1) is 19.2 Å². The zero-order valence-corrected chi connectivity index (χ0v) is 25.3. The van der Waals surface area contributed by atoms with Crippen LogP contribution in [0.4, 0.5) is 15.0 Å². The van der Waals surface area contributed by atoms with Crippen molar-refractivity contribution < 1.29 is 33.0 Å². The Bertz CT molecular complexity index is 1390. The molecule has 4 fully saturated rings. The standard InChI is InChI=1S/C31H39FN6O6/c1-30(2,3)24(35-29(42)43-15-17-6-7-17)27(40)37-14-18-8-9-19(32)11-21(18)23(37)26(39)38-16-31(12-20(38)13-33)28(41)36-25-22(44-31)5-4-10-34-25/h4-5,10,17-21,23-24H,6-9,11-12,14-16H2,1-3H3,(H,35,42)(H,34,36,41)/t18?,19-,20+,21+,23+,24-,31-/m1/s1. The summed E-state index contributed by atoms with van der Waals surface area (Å²) in [6.07, 6.45) is 2.58. The van der Waals surface area contributed by atoms with Crippen LogP contribution < -0.4 is 15.4 Å². The zero-order chi connectivity index (χ0) is 31.4. The highest BCUT2D eigenvalue weighted by Gasteiger charge is 2.59. The second-order valence-corrected chi connectivity index (χ2v) is 14.0. The predicted molar refractivity (Wildman–Crippen MR) is 154 cm³/mol. The van der Waals surface area contributed by atoms with Crippen LogP contribution in [0.2, 0.25) is 0 Å². The zero-order valence-electron chi connectivity index (χ0n) is 25.3. The number of likely N-dealkylation sites (tertiary alicyclic amines) is 2. The molecule has 6 rings (SSSR count). The molecule has 1 unspecified atom stereocenters. The number of rotatable bonds is 5. The Hall–Kier alpha value is -3.95. The lowest BCUT2D eigenvalue weighted by Crippen LogP contribution is -2.60. The number of pyridine rings is 1. The summed E-state index contributed by atoms with van der Waals surface area (Å²) in [6, 6.07) is 2.35. The Labute approximate surface area is 255 Å². The normalized spacial score (nSPS) is 31.7. The number of anilines is 1. The van der Waals surface area contributed by atoms with Crippen molar-refractivity contribution in [3.05, 3.63) is 18.3 Å². The van der Waals surface area contributed by atoms with Crippen LogP contribution in [-0.2, 0) is 19.1 Å². The number of ether oxygens (including phenoxy) is 2. The first kappa shape index (κ1) is 30.1. The molecule has 7 atom stereocenters. The number of hydrogen-bond acceptors (Lipinski definition) is 8. The third kappa shape index (κ3) is 5.55. The number of nitrogens with zero attached hydrogens (tertiary/aromatic N) is 4. The van der Waals surface area contributed by atoms with Gasteiger partial charge in [0.1, 0.15) is 24.3 Å². The first-order valence-corrected chi connectivity index (χ1v) is 15.4. The van der Waals surface area contributed by atoms with Gasteiger partial charge in [-0.05, 0) is 67.4 Å². The van der Waals surface area contributed by atoms with Crippen LogP contribution in [0, 0.1) is 34.5 Å². The molecule has 1 aromatic heterocycles. The Morgan fingerprint density at radius 3 is 2.75 bits per heavy atom. The van der Waals surface area contributed by atoms with Crippen molar-refractivity contribution in [3.8, 4) is 11.8 Å². The van der Waals surface area contributed by atoms with E-state index in [2.05, 4.69) is 21.7 Å². The summed E-state index contributed by atoms with van der Waals surface area (Å²) >= 11 is 0. The summed E-state index contributed by atoms with van der Waals surface area (Å²) in [4.78, 5) is 61.7. The van der Waals surface area contributed by atoms with Gasteiger partial charge in [-0.2, -0.15) is 5.26 Å². The van der Waals surface area contributed by atoms with Crippen molar-refractivity contribution >= 4 is 29.6 Å². The Balaban J connectivity index is 1.28. The fraction of sp³-hybridized carbons (Fsp3) is 0.677. The van der Waals surface area contributed by atoms with Gasteiger partial charge in [0.2, 0.25) is 17.4 Å². The molecular weight excluding hydrogens is 571 g/mol. The molecule has 2 N–H and O–H groups in total. The van der Waals surface area contributed by atoms with E-state index in [0.717, 1.165) is 12.8 Å². The van der Waals surface area contributed by atoms with Gasteiger partial charge in [-0.1, -0.05) is 20.8 Å². The molecule has 0 bridgehead atoms. The molecule has 0 radical (unpaired) electrons. The van der Waals surface area contributed by atoms with Crippen LogP contribution in [0.15, 0.2) is 18.3 Å². The SMILES string of the molecule is CC(C)(C)[C@H](NC(=O)OCC1CC1)C(=O)N1CC2CC[C@@H](F)C[C@@H]2[C@H]1C(=O)N1C[C@@]2(C[C@H]1C#N)Oc1cccnc1NC2=O. The predicted octanol–water partition coefficient (Wildman–Crippen LogP) is 2.79. The number of alkyl carbamates (subject to hydrolysis) is 1. The van der Waals surface area contributed by atoms with E-state index in [1.54, 1.807) is 12.1 Å². The van der Waals surface area contributed by atoms with Gasteiger partial charge in [-0.15, -0.1) is 0 Å². The van der Waals surface area contributed by atoms with E-state index in [0.29, 0.717) is 24.5 Å². The summed E-state index contributed by atoms with van der Waals surface area (Å²) in [5, 5.41) is 15.6. The summed E-state index contributed by atoms with van der Waals surface area (Å²) < 4.78 is 26.3. The molecule has 0 aromatic carbocycles. The number of alkyl halides is 1. The lowest BCUT2D eigenvalue weighted by molar-refractivity contribution is -0.148. The summed E-state index contributed by atoms with van der Waals surface area (Å²) in [5.74, 6) is -1.16. The quantitative estimate of drug-likeness (QED) is 0.516. The van der Waals surface area contributed by atoms with E-state index in [1.807, 2.05) is 20.8 Å². The van der Waals surface area contributed by atoms with Crippen LogP contribution in [0.5, 0.6) is 5.75 Å². The summed E-state index contributed by atoms with van der Waals surface area (Å²) in [7, 11) is 0. The van der Waals surface area contributed by atoms with Gasteiger partial charge in [-0.25, -0.2) is 14.2 Å². The number of fused-ring (bicyclic) bond motifs is 2. The largest absolute Gasteiger partial charge is 0.472 e. The van der Waals surface area contributed by atoms with Crippen LogP contribution in [-0.4, -0.2) is 88.2 Å². The number of halogens is 1. The number of amides is 4. The molecular formula is C31H39FN6O6. The van der Waals surface area contributed by atoms with Crippen LogP contribution >= 0.6 is 0 Å². The van der Waals surface area contributed by atoms with Gasteiger partial charge in [0, 0.05) is 19.2 Å². The fourth-order valence-electron chi connectivity index (χ4n) is 7.09. The first-order valence-electron chi connectivity index (χ1n) is 15.4. The van der Waals surface area contributed by atoms with Crippen LogP contribution in [0.3, 0.4) is 0 Å². The average Bonchev–Trinajstić information content (AvgIpc) is 3.63. The number of carbonyl (C=O) groups excluding carboxylic acids is 4. The smallest absolute Gasteiger partial charge is 0.407 e. The second-order valence-electron chi connectivity index (χ2n) is 14.0. The minimum absolute atomic E-state index is 0.0745. The lowest BCUT2D eigenvalue weighted by atomic mass is 9.77. The number of carbonyl (C=O) groups is 4. The minimum Gasteiger partial charge on any atom is -0.472 e. The Kier molecular flexibility index (Phi) is 7.66. The van der Waals surface area contributed by atoms with Gasteiger partial charge in [0.15, 0.2) is 11.6 Å². The number of nitrogens with one attached hydrogen (secondary N) is 2. The average molecular weight is 611 g/mol. The van der Waals surface area contributed by atoms with E-state index < -0.39 is 65.0 Å². The monoisotopic (exact) mass is 610 g/mol. The topological polar surface area (TPSA) is 154 Å². The molecule has 3 aliphatic heterocycles. The molecule has 1 spiro atoms. The molecule has 2 saturated heterocycles. The highest BCUT2D eigenvalue weighted by molar-refractivity contribution is 6.01. The van der Waals surface area contributed by atoms with Crippen molar-refractivity contribution in [3.63, 3.8) is 0 Å². The third-order valence-electron chi connectivity index (χ3n) is 9.69. The molecule has 1 aromatic rings. The van der Waals surface area contributed by atoms with E-state index in [9.17, 15) is 28.8 Å². The molecule has 12 nitrogen and oxygen atoms in total. The molecule has 2 saturated carbocycles. The van der Waals surface area contributed by atoms with E-state index >= 15 is 0 Å². The molecule has 4 amide bonds. The maximum atomic E-state index is 14.8. The first-order chi connectivity index (χ1) is 20.9. The Morgan fingerprint density at radius 1 is 1.27 bits per heavy atom.